The number of nitrogens with zero attached hydrogens (tertiary/aromatic N) is 4. The van der Waals surface area contributed by atoms with Crippen LogP contribution in [0.4, 0.5) is 28.8 Å². The van der Waals surface area contributed by atoms with Crippen molar-refractivity contribution in [3.8, 4) is 11.3 Å². The van der Waals surface area contributed by atoms with Gasteiger partial charge in [0.25, 0.3) is 0 Å². The lowest BCUT2D eigenvalue weighted by Gasteiger charge is -2.37. The van der Waals surface area contributed by atoms with Crippen LogP contribution in [-0.4, -0.2) is 64.7 Å². The highest BCUT2D eigenvalue weighted by Gasteiger charge is 2.36. The van der Waals surface area contributed by atoms with Crippen LogP contribution in [0.2, 0.25) is 10.0 Å². The molecule has 6 N–H and O–H groups in total. The van der Waals surface area contributed by atoms with Crippen molar-refractivity contribution in [1.82, 2.24) is 14.9 Å². The zero-order chi connectivity index (χ0) is 26.8. The predicted octanol–water partition coefficient (Wildman–Crippen LogP) is 2.77. The van der Waals surface area contributed by atoms with Crippen molar-refractivity contribution in [2.24, 2.45) is 0 Å². The summed E-state index contributed by atoms with van der Waals surface area (Å²) in [6.07, 6.45) is 2.17. The monoisotopic (exact) mass is 558 g/mol. The summed E-state index contributed by atoms with van der Waals surface area (Å²) in [6.45, 7) is 2.94. The summed E-state index contributed by atoms with van der Waals surface area (Å²) >= 11 is 12.7. The second-order valence-corrected chi connectivity index (χ2v) is 10.1. The van der Waals surface area contributed by atoms with Crippen LogP contribution in [0, 0.1) is 5.21 Å². The van der Waals surface area contributed by atoms with Gasteiger partial charge in [0.15, 0.2) is 5.82 Å². The van der Waals surface area contributed by atoms with E-state index >= 15 is 0 Å². The van der Waals surface area contributed by atoms with Gasteiger partial charge in [0, 0.05) is 42.3 Å². The van der Waals surface area contributed by atoms with Gasteiger partial charge in [-0.15, -0.1) is 0 Å². The number of carbonyl (C=O) groups is 1. The topological polar surface area (TPSA) is 147 Å². The summed E-state index contributed by atoms with van der Waals surface area (Å²) in [4.78, 5) is 26.1. The van der Waals surface area contributed by atoms with Gasteiger partial charge in [0.05, 0.1) is 22.9 Å². The van der Waals surface area contributed by atoms with E-state index in [9.17, 15) is 10.0 Å². The number of carbonyl (C=O) groups excluding carboxylic acids is 1. The minimum absolute atomic E-state index is 0.0424. The number of fused-ring (bicyclic) bond motifs is 1. The molecular formula is C25H28Cl2N8O3. The molecule has 2 unspecified atom stereocenters. The average molecular weight is 559 g/mol. The molecule has 0 bridgehead atoms. The Bertz CT molecular complexity index is 1340. The van der Waals surface area contributed by atoms with Crippen molar-refractivity contribution in [3.05, 3.63) is 57.7 Å². The van der Waals surface area contributed by atoms with Gasteiger partial charge in [-0.1, -0.05) is 23.2 Å². The van der Waals surface area contributed by atoms with Crippen molar-refractivity contribution in [2.75, 3.05) is 54.0 Å². The Morgan fingerprint density at radius 2 is 1.84 bits per heavy atom. The van der Waals surface area contributed by atoms with Crippen LogP contribution in [-0.2, 0) is 4.79 Å². The number of rotatable bonds is 8. The Labute approximate surface area is 229 Å². The minimum atomic E-state index is -1.12. The Balaban J connectivity index is 1.34. The fourth-order valence-electron chi connectivity index (χ4n) is 4.90. The Morgan fingerprint density at radius 3 is 2.55 bits per heavy atom. The van der Waals surface area contributed by atoms with E-state index < -0.39 is 5.23 Å². The molecule has 200 valence electrons. The molecule has 5 rings (SSSR count). The van der Waals surface area contributed by atoms with Crippen LogP contribution in [0.15, 0.2) is 42.5 Å². The SMILES string of the molecule is Nc1nc(NCCNc2ccc(N3CC4CCCN4CC3=O)c(-c3ccc(Cl)cc3Cl)n2)ccc1[NH+]([O-])O. The van der Waals surface area contributed by atoms with Crippen LogP contribution in [0.1, 0.15) is 12.8 Å². The molecule has 0 radical (unpaired) electrons. The van der Waals surface area contributed by atoms with E-state index in [2.05, 4.69) is 20.5 Å². The molecule has 2 atom stereocenters. The molecule has 13 heteroatoms. The number of piperazine rings is 1. The Kier molecular flexibility index (Phi) is 7.84. The van der Waals surface area contributed by atoms with Crippen molar-refractivity contribution in [2.45, 2.75) is 18.9 Å². The third-order valence-electron chi connectivity index (χ3n) is 6.78. The van der Waals surface area contributed by atoms with Gasteiger partial charge in [-0.2, -0.15) is 5.23 Å². The van der Waals surface area contributed by atoms with Gasteiger partial charge < -0.3 is 26.5 Å². The number of pyridine rings is 2. The number of benzene rings is 1. The lowest BCUT2D eigenvalue weighted by molar-refractivity contribution is -0.990. The number of anilines is 4. The number of amides is 1. The van der Waals surface area contributed by atoms with E-state index in [-0.39, 0.29) is 17.4 Å². The summed E-state index contributed by atoms with van der Waals surface area (Å²) in [7, 11) is 0. The molecule has 11 nitrogen and oxygen atoms in total. The smallest absolute Gasteiger partial charge is 0.241 e. The largest absolute Gasteiger partial charge is 0.595 e. The van der Waals surface area contributed by atoms with Gasteiger partial charge in [0.2, 0.25) is 11.6 Å². The number of aromatic nitrogens is 2. The highest BCUT2D eigenvalue weighted by molar-refractivity contribution is 6.36. The Morgan fingerprint density at radius 1 is 1.11 bits per heavy atom. The van der Waals surface area contributed by atoms with Crippen LogP contribution in [0.3, 0.4) is 0 Å². The van der Waals surface area contributed by atoms with Crippen molar-refractivity contribution >= 4 is 57.9 Å². The maximum absolute atomic E-state index is 13.1. The molecule has 0 saturated carbocycles. The summed E-state index contributed by atoms with van der Waals surface area (Å²) in [5.41, 5.74) is 7.68. The minimum Gasteiger partial charge on any atom is -0.595 e. The molecule has 0 spiro atoms. The fourth-order valence-corrected chi connectivity index (χ4v) is 5.40. The van der Waals surface area contributed by atoms with E-state index in [1.165, 1.54) is 6.07 Å². The quantitative estimate of drug-likeness (QED) is 0.208. The summed E-state index contributed by atoms with van der Waals surface area (Å²) < 4.78 is 0. The van der Waals surface area contributed by atoms with Crippen molar-refractivity contribution in [3.63, 3.8) is 0 Å². The van der Waals surface area contributed by atoms with Crippen molar-refractivity contribution in [1.29, 1.82) is 0 Å². The molecular weight excluding hydrogens is 531 g/mol. The van der Waals surface area contributed by atoms with Crippen LogP contribution in [0.5, 0.6) is 0 Å². The van der Waals surface area contributed by atoms with E-state index in [0.29, 0.717) is 70.8 Å². The molecule has 2 aromatic heterocycles. The first kappa shape index (κ1) is 26.4. The van der Waals surface area contributed by atoms with Gasteiger partial charge in [-0.3, -0.25) is 9.69 Å². The fraction of sp³-hybridized carbons (Fsp3) is 0.320. The first-order chi connectivity index (χ1) is 18.3. The maximum atomic E-state index is 13.1. The number of halogens is 2. The second kappa shape index (κ2) is 11.3. The molecule has 2 fully saturated rings. The molecule has 2 aliphatic heterocycles. The van der Waals surface area contributed by atoms with E-state index in [1.54, 1.807) is 18.2 Å². The second-order valence-electron chi connectivity index (χ2n) is 9.25. The zero-order valence-corrected chi connectivity index (χ0v) is 22.0. The number of nitrogens with two attached hydrogens (primary N) is 1. The summed E-state index contributed by atoms with van der Waals surface area (Å²) in [5.74, 6) is 1.07. The van der Waals surface area contributed by atoms with Gasteiger partial charge in [-0.25, -0.2) is 15.2 Å². The molecule has 2 saturated heterocycles. The molecule has 2 aliphatic rings. The molecule has 3 aromatic rings. The standard InChI is InChI=1S/C25H28Cl2N8O3/c26-15-3-4-17(18(27)12-15)24-19(34-13-16-2-1-11-33(16)14-23(34)36)5-7-21(31-24)29-9-10-30-22-8-6-20(35(37)38)25(28)32-22/h3-8,12,16,35,37H,1-2,9-11,13-14H2,(H,29,31)(H3,28,30,32). The molecule has 0 aliphatic carbocycles. The van der Waals surface area contributed by atoms with E-state index in [0.717, 1.165) is 19.4 Å². The third-order valence-corrected chi connectivity index (χ3v) is 7.32. The average Bonchev–Trinajstić information content (AvgIpc) is 3.33. The van der Waals surface area contributed by atoms with Crippen LogP contribution >= 0.6 is 23.2 Å². The van der Waals surface area contributed by atoms with E-state index in [1.807, 2.05) is 23.1 Å². The first-order valence-electron chi connectivity index (χ1n) is 12.3. The number of nitrogens with one attached hydrogen (secondary N) is 3. The molecule has 1 amide bonds. The van der Waals surface area contributed by atoms with Crippen LogP contribution in [0.25, 0.3) is 11.3 Å². The zero-order valence-electron chi connectivity index (χ0n) is 20.5. The van der Waals surface area contributed by atoms with Gasteiger partial charge in [-0.05, 0) is 55.8 Å². The molecule has 38 heavy (non-hydrogen) atoms. The lowest BCUT2D eigenvalue weighted by Crippen LogP contribution is -2.99. The Hall–Kier alpha value is -3.19. The maximum Gasteiger partial charge on any atom is 0.241 e. The molecule has 4 heterocycles. The highest BCUT2D eigenvalue weighted by Crippen LogP contribution is 2.38. The van der Waals surface area contributed by atoms with Gasteiger partial charge in [0.1, 0.15) is 11.6 Å². The first-order valence-corrected chi connectivity index (χ1v) is 13.0. The number of hydrogen-bond donors (Lipinski definition) is 5. The predicted molar refractivity (Wildman–Crippen MR) is 148 cm³/mol. The number of hydrogen-bond acceptors (Lipinski definition) is 9. The van der Waals surface area contributed by atoms with Gasteiger partial charge >= 0.3 is 0 Å². The van der Waals surface area contributed by atoms with Crippen LogP contribution < -0.4 is 26.5 Å². The summed E-state index contributed by atoms with van der Waals surface area (Å²) in [5, 5.41) is 26.4. The lowest BCUT2D eigenvalue weighted by atomic mass is 10.1. The van der Waals surface area contributed by atoms with E-state index in [4.69, 9.17) is 39.1 Å². The number of quaternary nitrogens is 1. The highest BCUT2D eigenvalue weighted by atomic mass is 35.5. The number of nitrogen functional groups attached to an aromatic ring is 1. The summed E-state index contributed by atoms with van der Waals surface area (Å²) in [6, 6.07) is 12.3. The van der Waals surface area contributed by atoms with Crippen molar-refractivity contribution < 1.29 is 15.2 Å². The third kappa shape index (κ3) is 5.63. The normalized spacial score (nSPS) is 18.4. The molecule has 1 aromatic carbocycles.